The van der Waals surface area contributed by atoms with Crippen LogP contribution in [0.5, 0.6) is 0 Å². The molecule has 0 aliphatic carbocycles. The first-order chi connectivity index (χ1) is 9.62. The van der Waals surface area contributed by atoms with Crippen molar-refractivity contribution < 1.29 is 27.2 Å². The molecular formula is C13H12F4N2O2. The summed E-state index contributed by atoms with van der Waals surface area (Å²) < 4.78 is 51.4. The summed E-state index contributed by atoms with van der Waals surface area (Å²) in [5.74, 6) is -2.47. The molecule has 0 aromatic heterocycles. The van der Waals surface area contributed by atoms with Gasteiger partial charge in [0.25, 0.3) is 0 Å². The van der Waals surface area contributed by atoms with Crippen LogP contribution in [0, 0.1) is 5.82 Å². The quantitative estimate of drug-likeness (QED) is 0.808. The first kappa shape index (κ1) is 15.3. The van der Waals surface area contributed by atoms with Crippen LogP contribution in [0.2, 0.25) is 0 Å². The number of anilines is 1. The second kappa shape index (κ2) is 5.01. The van der Waals surface area contributed by atoms with Crippen molar-refractivity contribution in [2.75, 3.05) is 4.90 Å². The first-order valence-electron chi connectivity index (χ1n) is 6.13. The van der Waals surface area contributed by atoms with Gasteiger partial charge in [-0.15, -0.1) is 0 Å². The van der Waals surface area contributed by atoms with E-state index in [-0.39, 0.29) is 5.69 Å². The van der Waals surface area contributed by atoms with Crippen molar-refractivity contribution in [3.8, 4) is 0 Å². The maximum absolute atomic E-state index is 13.3. The molecule has 21 heavy (non-hydrogen) atoms. The van der Waals surface area contributed by atoms with Gasteiger partial charge in [-0.3, -0.25) is 14.5 Å². The Morgan fingerprint density at radius 3 is 2.38 bits per heavy atom. The van der Waals surface area contributed by atoms with Crippen molar-refractivity contribution in [2.45, 2.75) is 32.1 Å². The third kappa shape index (κ3) is 2.70. The highest BCUT2D eigenvalue weighted by molar-refractivity contribution is 6.08. The molecule has 8 heteroatoms. The normalized spacial score (nSPS) is 23.2. The molecule has 1 saturated heterocycles. The van der Waals surface area contributed by atoms with E-state index in [0.717, 1.165) is 11.0 Å². The predicted octanol–water partition coefficient (Wildman–Crippen LogP) is 2.08. The van der Waals surface area contributed by atoms with Gasteiger partial charge in [0.1, 0.15) is 17.9 Å². The maximum atomic E-state index is 13.3. The summed E-state index contributed by atoms with van der Waals surface area (Å²) in [6.45, 7) is 2.81. The van der Waals surface area contributed by atoms with Gasteiger partial charge >= 0.3 is 6.18 Å². The van der Waals surface area contributed by atoms with Crippen LogP contribution in [0.3, 0.4) is 0 Å². The number of amides is 2. The predicted molar refractivity (Wildman–Crippen MR) is 66.0 cm³/mol. The van der Waals surface area contributed by atoms with E-state index in [1.165, 1.54) is 13.8 Å². The Morgan fingerprint density at radius 2 is 1.81 bits per heavy atom. The molecule has 2 rings (SSSR count). The van der Waals surface area contributed by atoms with Crippen LogP contribution in [0.1, 0.15) is 19.4 Å². The summed E-state index contributed by atoms with van der Waals surface area (Å²) in [7, 11) is 0. The van der Waals surface area contributed by atoms with Crippen LogP contribution in [0.25, 0.3) is 0 Å². The van der Waals surface area contributed by atoms with Crippen LogP contribution in [-0.2, 0) is 15.8 Å². The SMILES string of the molecule is CC1NC(=O)C(C)N(c2ccc(F)c(C(F)(F)F)c2)C1=O. The molecule has 4 nitrogen and oxygen atoms in total. The van der Waals surface area contributed by atoms with Crippen LogP contribution >= 0.6 is 0 Å². The average Bonchev–Trinajstić information content (AvgIpc) is 2.37. The lowest BCUT2D eigenvalue weighted by Crippen LogP contribution is -2.61. The maximum Gasteiger partial charge on any atom is 0.419 e. The van der Waals surface area contributed by atoms with E-state index in [4.69, 9.17) is 0 Å². The third-order valence-electron chi connectivity index (χ3n) is 3.27. The van der Waals surface area contributed by atoms with E-state index in [1.807, 2.05) is 0 Å². The number of piperazine rings is 1. The molecule has 0 radical (unpaired) electrons. The summed E-state index contributed by atoms with van der Waals surface area (Å²) in [4.78, 5) is 24.7. The highest BCUT2D eigenvalue weighted by Gasteiger charge is 2.39. The minimum absolute atomic E-state index is 0.164. The zero-order valence-electron chi connectivity index (χ0n) is 11.2. The fourth-order valence-corrected chi connectivity index (χ4v) is 2.14. The molecule has 1 fully saturated rings. The second-order valence-corrected chi connectivity index (χ2v) is 4.78. The fourth-order valence-electron chi connectivity index (χ4n) is 2.14. The van der Waals surface area contributed by atoms with Gasteiger partial charge < -0.3 is 5.32 Å². The summed E-state index contributed by atoms with van der Waals surface area (Å²) in [6, 6.07) is 0.391. The topological polar surface area (TPSA) is 49.4 Å². The van der Waals surface area contributed by atoms with Crippen LogP contribution in [0.15, 0.2) is 18.2 Å². The van der Waals surface area contributed by atoms with Crippen LogP contribution in [0.4, 0.5) is 23.2 Å². The molecular weight excluding hydrogens is 292 g/mol. The summed E-state index contributed by atoms with van der Waals surface area (Å²) in [5, 5.41) is 2.41. The smallest absolute Gasteiger partial charge is 0.343 e. The molecule has 1 aliphatic heterocycles. The van der Waals surface area contributed by atoms with Crippen molar-refractivity contribution in [1.29, 1.82) is 0 Å². The highest BCUT2D eigenvalue weighted by atomic mass is 19.4. The number of rotatable bonds is 1. The van der Waals surface area contributed by atoms with Gasteiger partial charge in [0.15, 0.2) is 0 Å². The largest absolute Gasteiger partial charge is 0.419 e. The number of alkyl halides is 3. The molecule has 1 heterocycles. The number of hydrogen-bond acceptors (Lipinski definition) is 2. The summed E-state index contributed by atoms with van der Waals surface area (Å²) in [6.07, 6.45) is -4.88. The number of benzene rings is 1. The van der Waals surface area contributed by atoms with Gasteiger partial charge in [-0.1, -0.05) is 0 Å². The van der Waals surface area contributed by atoms with E-state index < -0.39 is 41.5 Å². The molecule has 1 N–H and O–H groups in total. The van der Waals surface area contributed by atoms with Crippen molar-refractivity contribution >= 4 is 17.5 Å². The van der Waals surface area contributed by atoms with Crippen LogP contribution in [-0.4, -0.2) is 23.9 Å². The Balaban J connectivity index is 2.50. The van der Waals surface area contributed by atoms with Crippen LogP contribution < -0.4 is 10.2 Å². The van der Waals surface area contributed by atoms with Gasteiger partial charge in [0.2, 0.25) is 11.8 Å². The Hall–Kier alpha value is -2.12. The van der Waals surface area contributed by atoms with E-state index in [1.54, 1.807) is 0 Å². The van der Waals surface area contributed by atoms with Crippen molar-refractivity contribution in [3.05, 3.63) is 29.6 Å². The number of nitrogens with zero attached hydrogens (tertiary/aromatic N) is 1. The Kier molecular flexibility index (Phi) is 3.65. The molecule has 0 spiro atoms. The molecule has 2 amide bonds. The van der Waals surface area contributed by atoms with Crippen molar-refractivity contribution in [3.63, 3.8) is 0 Å². The Labute approximate surface area is 117 Å². The number of halogens is 4. The van der Waals surface area contributed by atoms with E-state index >= 15 is 0 Å². The van der Waals surface area contributed by atoms with E-state index in [9.17, 15) is 27.2 Å². The second-order valence-electron chi connectivity index (χ2n) is 4.78. The molecule has 1 aliphatic rings. The van der Waals surface area contributed by atoms with E-state index in [0.29, 0.717) is 12.1 Å². The van der Waals surface area contributed by atoms with Crippen molar-refractivity contribution in [2.24, 2.45) is 0 Å². The average molecular weight is 304 g/mol. The van der Waals surface area contributed by atoms with Crippen molar-refractivity contribution in [1.82, 2.24) is 5.32 Å². The summed E-state index contributed by atoms with van der Waals surface area (Å²) >= 11 is 0. The van der Waals surface area contributed by atoms with Gasteiger partial charge in [0, 0.05) is 5.69 Å². The molecule has 0 bridgehead atoms. The number of hydrogen-bond donors (Lipinski definition) is 1. The molecule has 2 unspecified atom stereocenters. The third-order valence-corrected chi connectivity index (χ3v) is 3.27. The van der Waals surface area contributed by atoms with E-state index in [2.05, 4.69) is 5.32 Å². The molecule has 1 aromatic rings. The minimum Gasteiger partial charge on any atom is -0.343 e. The number of carbonyl (C=O) groups excluding carboxylic acids is 2. The van der Waals surface area contributed by atoms with Gasteiger partial charge in [-0.05, 0) is 32.0 Å². The highest BCUT2D eigenvalue weighted by Crippen LogP contribution is 2.34. The van der Waals surface area contributed by atoms with Gasteiger partial charge in [0.05, 0.1) is 5.56 Å². The Morgan fingerprint density at radius 1 is 1.19 bits per heavy atom. The number of carbonyl (C=O) groups is 2. The van der Waals surface area contributed by atoms with Gasteiger partial charge in [-0.2, -0.15) is 13.2 Å². The zero-order chi connectivity index (χ0) is 15.9. The lowest BCUT2D eigenvalue weighted by Gasteiger charge is -2.36. The number of nitrogens with one attached hydrogen (secondary N) is 1. The monoisotopic (exact) mass is 304 g/mol. The Bertz CT molecular complexity index is 600. The molecule has 0 saturated carbocycles. The zero-order valence-corrected chi connectivity index (χ0v) is 11.2. The summed E-state index contributed by atoms with van der Waals surface area (Å²) in [5.41, 5.74) is -1.64. The molecule has 2 atom stereocenters. The standard InChI is InChI=1S/C13H12F4N2O2/c1-6-12(21)19(7(2)11(20)18-6)8-3-4-10(14)9(5-8)13(15,16)17/h3-7H,1-2H3,(H,18,20). The molecule has 114 valence electrons. The molecule has 1 aromatic carbocycles. The minimum atomic E-state index is -4.88. The van der Waals surface area contributed by atoms with Gasteiger partial charge in [-0.25, -0.2) is 4.39 Å². The first-order valence-corrected chi connectivity index (χ1v) is 6.13. The fraction of sp³-hybridized carbons (Fsp3) is 0.385. The lowest BCUT2D eigenvalue weighted by atomic mass is 10.1. The lowest BCUT2D eigenvalue weighted by molar-refractivity contribution is -0.140.